The number of nitrogens with zero attached hydrogens (tertiary/aromatic N) is 5. The zero-order valence-electron chi connectivity index (χ0n) is 27.7. The predicted octanol–water partition coefficient (Wildman–Crippen LogP) is 2.43. The van der Waals surface area contributed by atoms with Crippen LogP contribution in [0, 0.1) is 0 Å². The first-order valence-corrected chi connectivity index (χ1v) is 17.9. The number of anilines is 1. The molecule has 3 aliphatic rings. The van der Waals surface area contributed by atoms with Crippen LogP contribution in [0.3, 0.4) is 0 Å². The van der Waals surface area contributed by atoms with E-state index in [1.165, 1.54) is 29.2 Å². The third-order valence-corrected chi connectivity index (χ3v) is 10.5. The van der Waals surface area contributed by atoms with Crippen LogP contribution in [-0.2, 0) is 33.5 Å². The van der Waals surface area contributed by atoms with Gasteiger partial charge in [0.05, 0.1) is 0 Å². The number of amides is 4. The van der Waals surface area contributed by atoms with Crippen molar-refractivity contribution in [3.63, 3.8) is 0 Å². The van der Waals surface area contributed by atoms with Crippen LogP contribution in [0.5, 0.6) is 0 Å². The Morgan fingerprint density at radius 1 is 1.04 bits per heavy atom. The monoisotopic (exact) mass is 733 g/mol. The van der Waals surface area contributed by atoms with E-state index in [0.717, 1.165) is 22.5 Å². The molecule has 2 fully saturated rings. The van der Waals surface area contributed by atoms with Crippen LogP contribution in [0.4, 0.5) is 9.93 Å². The molecule has 2 atom stereocenters. The quantitative estimate of drug-likeness (QED) is 0.0921. The van der Waals surface area contributed by atoms with Gasteiger partial charge in [0, 0.05) is 42.9 Å². The second kappa shape index (κ2) is 16.2. The number of carbonyl (C=O) groups is 5. The molecule has 2 saturated heterocycles. The number of aromatic nitrogens is 1. The predicted molar refractivity (Wildman–Crippen MR) is 189 cm³/mol. The third kappa shape index (κ3) is 7.90. The lowest BCUT2D eigenvalue weighted by Crippen LogP contribution is -2.71. The fourth-order valence-electron chi connectivity index (χ4n) is 5.76. The highest BCUT2D eigenvalue weighted by atomic mass is 32.2. The van der Waals surface area contributed by atoms with Crippen LogP contribution >= 0.6 is 23.1 Å². The minimum absolute atomic E-state index is 0.0350. The number of carbonyl (C=O) groups excluding carboxylic acids is 5. The molecule has 51 heavy (non-hydrogen) atoms. The van der Waals surface area contributed by atoms with Crippen molar-refractivity contribution < 1.29 is 38.3 Å². The van der Waals surface area contributed by atoms with E-state index in [-0.39, 0.29) is 34.6 Å². The van der Waals surface area contributed by atoms with Crippen molar-refractivity contribution in [2.24, 2.45) is 5.16 Å². The number of esters is 1. The minimum atomic E-state index is -1.04. The number of rotatable bonds is 12. The summed E-state index contributed by atoms with van der Waals surface area (Å²) in [5.41, 5.74) is 1.74. The van der Waals surface area contributed by atoms with Gasteiger partial charge < -0.3 is 34.7 Å². The number of oxime groups is 1. The Labute approximate surface area is 301 Å². The van der Waals surface area contributed by atoms with Gasteiger partial charge in [0.1, 0.15) is 36.5 Å². The molecule has 6 rings (SSSR count). The highest BCUT2D eigenvalue weighted by molar-refractivity contribution is 8.00. The van der Waals surface area contributed by atoms with Crippen molar-refractivity contribution in [2.75, 3.05) is 58.0 Å². The van der Waals surface area contributed by atoms with E-state index < -0.39 is 41.4 Å². The summed E-state index contributed by atoms with van der Waals surface area (Å²) in [4.78, 5) is 79.4. The first-order valence-electron chi connectivity index (χ1n) is 15.9. The maximum absolute atomic E-state index is 14.2. The summed E-state index contributed by atoms with van der Waals surface area (Å²) < 4.78 is 11.9. The van der Waals surface area contributed by atoms with Gasteiger partial charge in [0.2, 0.25) is 6.41 Å². The van der Waals surface area contributed by atoms with Crippen molar-refractivity contribution >= 4 is 64.2 Å². The molecule has 1 unspecified atom stereocenters. The fraction of sp³-hybridized carbons (Fsp3) is 0.324. The molecule has 15 nitrogen and oxygen atoms in total. The number of fused-ring (bicyclic) bond motifs is 1. The van der Waals surface area contributed by atoms with Gasteiger partial charge in [-0.1, -0.05) is 65.8 Å². The van der Waals surface area contributed by atoms with Crippen LogP contribution in [0.15, 0.2) is 82.5 Å². The zero-order chi connectivity index (χ0) is 35.9. The lowest BCUT2D eigenvalue weighted by atomic mass is 10.0. The second-order valence-electron chi connectivity index (χ2n) is 11.7. The SMILES string of the molecule is CON=C(C(=O)NC1C(=O)N2C(C(=O)OC(c3ccccc3)c3ccccc3)=C(COC(=O)N3CCN(C)CC3)CS[C@H]12)c1csc(NC=O)n1. The van der Waals surface area contributed by atoms with Gasteiger partial charge >= 0.3 is 12.1 Å². The molecule has 0 spiro atoms. The Morgan fingerprint density at radius 2 is 1.71 bits per heavy atom. The Bertz CT molecular complexity index is 1790. The molecule has 0 bridgehead atoms. The van der Waals surface area contributed by atoms with E-state index in [1.807, 2.05) is 67.7 Å². The van der Waals surface area contributed by atoms with Crippen molar-refractivity contribution in [2.45, 2.75) is 17.5 Å². The van der Waals surface area contributed by atoms with Crippen molar-refractivity contribution in [3.05, 3.63) is 94.1 Å². The summed E-state index contributed by atoms with van der Waals surface area (Å²) in [7, 11) is 3.24. The molecule has 3 aromatic rings. The lowest BCUT2D eigenvalue weighted by Gasteiger charge is -2.49. The number of hydrogen-bond donors (Lipinski definition) is 2. The summed E-state index contributed by atoms with van der Waals surface area (Å²) in [5.74, 6) is -1.87. The molecule has 1 aromatic heterocycles. The van der Waals surface area contributed by atoms with E-state index in [2.05, 4.69) is 25.7 Å². The zero-order valence-corrected chi connectivity index (χ0v) is 29.4. The number of hydrogen-bond acceptors (Lipinski definition) is 13. The highest BCUT2D eigenvalue weighted by Crippen LogP contribution is 2.42. The highest BCUT2D eigenvalue weighted by Gasteiger charge is 2.55. The number of likely N-dealkylation sites (N-methyl/N-ethyl adjacent to an activating group) is 1. The number of ether oxygens (including phenoxy) is 2. The van der Waals surface area contributed by atoms with Gasteiger partial charge in [-0.05, 0) is 18.2 Å². The summed E-state index contributed by atoms with van der Waals surface area (Å²) in [6.07, 6.45) is -0.858. The molecule has 2 N–H and O–H groups in total. The van der Waals surface area contributed by atoms with Gasteiger partial charge in [-0.15, -0.1) is 23.1 Å². The summed E-state index contributed by atoms with van der Waals surface area (Å²) in [6, 6.07) is 17.4. The number of thiazole rings is 1. The molecule has 0 aliphatic carbocycles. The molecule has 3 aliphatic heterocycles. The average Bonchev–Trinajstić information content (AvgIpc) is 3.62. The summed E-state index contributed by atoms with van der Waals surface area (Å²) >= 11 is 2.38. The summed E-state index contributed by atoms with van der Waals surface area (Å²) in [6.45, 7) is 2.19. The molecule has 4 amide bonds. The number of thioether (sulfide) groups is 1. The molecule has 4 heterocycles. The van der Waals surface area contributed by atoms with Crippen molar-refractivity contribution in [3.8, 4) is 0 Å². The Balaban J connectivity index is 1.25. The first-order chi connectivity index (χ1) is 24.8. The number of piperazine rings is 1. The molecule has 17 heteroatoms. The average molecular weight is 734 g/mol. The normalized spacial score (nSPS) is 19.2. The van der Waals surface area contributed by atoms with E-state index in [9.17, 15) is 24.0 Å². The van der Waals surface area contributed by atoms with Crippen LogP contribution in [0.1, 0.15) is 22.9 Å². The topological polar surface area (TPSA) is 172 Å². The van der Waals surface area contributed by atoms with Crippen LogP contribution in [-0.4, -0.2) is 120 Å². The minimum Gasteiger partial charge on any atom is -0.448 e. The van der Waals surface area contributed by atoms with Crippen molar-refractivity contribution in [1.29, 1.82) is 0 Å². The van der Waals surface area contributed by atoms with Crippen LogP contribution in [0.2, 0.25) is 0 Å². The third-order valence-electron chi connectivity index (χ3n) is 8.41. The van der Waals surface area contributed by atoms with Crippen molar-refractivity contribution in [1.82, 2.24) is 25.0 Å². The van der Waals surface area contributed by atoms with Gasteiger partial charge in [-0.2, -0.15) is 0 Å². The maximum atomic E-state index is 14.2. The molecule has 2 aromatic carbocycles. The Morgan fingerprint density at radius 3 is 2.33 bits per heavy atom. The molecular formula is C34H35N7O8S2. The van der Waals surface area contributed by atoms with Crippen LogP contribution < -0.4 is 10.6 Å². The number of benzene rings is 2. The summed E-state index contributed by atoms with van der Waals surface area (Å²) in [5, 5.41) is 9.98. The fourth-order valence-corrected chi connectivity index (χ4v) is 7.75. The van der Waals surface area contributed by atoms with E-state index in [1.54, 1.807) is 4.90 Å². The molecule has 0 saturated carbocycles. The van der Waals surface area contributed by atoms with Gasteiger partial charge in [0.25, 0.3) is 11.8 Å². The van der Waals surface area contributed by atoms with E-state index in [4.69, 9.17) is 14.3 Å². The van der Waals surface area contributed by atoms with Gasteiger partial charge in [-0.3, -0.25) is 19.3 Å². The smallest absolute Gasteiger partial charge is 0.410 e. The molecular weight excluding hydrogens is 699 g/mol. The Kier molecular flexibility index (Phi) is 11.3. The van der Waals surface area contributed by atoms with E-state index in [0.29, 0.717) is 38.2 Å². The standard InChI is InChI=1S/C34H35N7O8S2/c1-39-13-15-40(16-14-39)34(46)48-17-23-18-50-31-26(37-29(43)25(38-47-2)24-19-51-33(36-24)35-20-42)30(44)41(31)27(23)32(45)49-28(21-9-5-3-6-10-21)22-11-7-4-8-12-22/h3-12,19-20,26,28,31H,13-18H2,1-2H3,(H,37,43)(H,35,36,42)/t26?,31-/m1/s1. The van der Waals surface area contributed by atoms with Gasteiger partial charge in [0.15, 0.2) is 16.9 Å². The first kappa shape index (κ1) is 35.6. The lowest BCUT2D eigenvalue weighted by molar-refractivity contribution is -0.154. The number of nitrogens with one attached hydrogen (secondary N) is 2. The largest absolute Gasteiger partial charge is 0.448 e. The van der Waals surface area contributed by atoms with Gasteiger partial charge in [-0.25, -0.2) is 14.6 Å². The Hall–Kier alpha value is -5.26. The number of β-lactam (4-membered cyclic amide) rings is 1. The second-order valence-corrected chi connectivity index (χ2v) is 13.7. The van der Waals surface area contributed by atoms with Crippen LogP contribution in [0.25, 0.3) is 0 Å². The molecule has 0 radical (unpaired) electrons. The maximum Gasteiger partial charge on any atom is 0.410 e. The van der Waals surface area contributed by atoms with E-state index >= 15 is 0 Å². The molecule has 266 valence electrons.